The first-order chi connectivity index (χ1) is 6.15. The number of nitrogens with zero attached hydrogens (tertiary/aromatic N) is 2. The summed E-state index contributed by atoms with van der Waals surface area (Å²) < 4.78 is 1.96. The average Bonchev–Trinajstić information content (AvgIpc) is 2.36. The second-order valence-corrected chi connectivity index (χ2v) is 3.70. The summed E-state index contributed by atoms with van der Waals surface area (Å²) in [5, 5.41) is 4.23. The van der Waals surface area contributed by atoms with E-state index in [-0.39, 0.29) is 0 Å². The fourth-order valence-electron chi connectivity index (χ4n) is 1.31. The zero-order valence-electron chi connectivity index (χ0n) is 8.45. The second-order valence-electron chi connectivity index (χ2n) is 3.70. The smallest absolute Gasteiger partial charge is 0.124 e. The molecule has 0 aliphatic carbocycles. The monoisotopic (exact) mass is 180 g/mol. The van der Waals surface area contributed by atoms with E-state index in [1.54, 1.807) is 6.20 Å². The van der Waals surface area contributed by atoms with Crippen molar-refractivity contribution in [2.75, 3.05) is 0 Å². The minimum Gasteiger partial charge on any atom is -0.303 e. The van der Waals surface area contributed by atoms with Gasteiger partial charge >= 0.3 is 0 Å². The van der Waals surface area contributed by atoms with Crippen molar-refractivity contribution < 1.29 is 4.79 Å². The van der Waals surface area contributed by atoms with Gasteiger partial charge in [-0.25, -0.2) is 0 Å². The van der Waals surface area contributed by atoms with Crippen LogP contribution in [0.3, 0.4) is 0 Å². The van der Waals surface area contributed by atoms with E-state index in [0.29, 0.717) is 12.3 Å². The van der Waals surface area contributed by atoms with Gasteiger partial charge in [-0.2, -0.15) is 5.10 Å². The molecule has 1 heterocycles. The highest BCUT2D eigenvalue weighted by atomic mass is 16.1. The van der Waals surface area contributed by atoms with Crippen LogP contribution in [0.2, 0.25) is 0 Å². The summed E-state index contributed by atoms with van der Waals surface area (Å²) in [6.45, 7) is 7.24. The Labute approximate surface area is 78.8 Å². The van der Waals surface area contributed by atoms with E-state index in [1.165, 1.54) is 0 Å². The van der Waals surface area contributed by atoms with Gasteiger partial charge in [-0.1, -0.05) is 13.8 Å². The average molecular weight is 180 g/mol. The summed E-state index contributed by atoms with van der Waals surface area (Å²) in [5.74, 6) is 0.586. The van der Waals surface area contributed by atoms with E-state index in [0.717, 1.165) is 24.1 Å². The normalized spacial score (nSPS) is 10.8. The Morgan fingerprint density at radius 3 is 2.85 bits per heavy atom. The first kappa shape index (κ1) is 9.96. The van der Waals surface area contributed by atoms with Crippen molar-refractivity contribution in [3.8, 4) is 0 Å². The molecule has 0 saturated carbocycles. The SMILES string of the molecule is Cc1c(CC=O)cnn1CC(C)C. The molecule has 3 nitrogen and oxygen atoms in total. The summed E-state index contributed by atoms with van der Waals surface area (Å²) >= 11 is 0. The number of aldehydes is 1. The van der Waals surface area contributed by atoms with E-state index in [2.05, 4.69) is 18.9 Å². The Balaban J connectivity index is 2.79. The fourth-order valence-corrected chi connectivity index (χ4v) is 1.31. The van der Waals surface area contributed by atoms with Gasteiger partial charge in [0.05, 0.1) is 6.20 Å². The van der Waals surface area contributed by atoms with Crippen molar-refractivity contribution in [2.24, 2.45) is 5.92 Å². The molecule has 3 heteroatoms. The van der Waals surface area contributed by atoms with Gasteiger partial charge in [0.15, 0.2) is 0 Å². The molecular weight excluding hydrogens is 164 g/mol. The van der Waals surface area contributed by atoms with Crippen molar-refractivity contribution in [3.63, 3.8) is 0 Å². The molecule has 0 unspecified atom stereocenters. The minimum absolute atomic E-state index is 0.476. The number of hydrogen-bond donors (Lipinski definition) is 0. The molecule has 0 saturated heterocycles. The van der Waals surface area contributed by atoms with E-state index >= 15 is 0 Å². The summed E-state index contributed by atoms with van der Waals surface area (Å²) in [7, 11) is 0. The lowest BCUT2D eigenvalue weighted by Crippen LogP contribution is -2.08. The summed E-state index contributed by atoms with van der Waals surface area (Å²) in [6.07, 6.45) is 3.18. The van der Waals surface area contributed by atoms with Crippen molar-refractivity contribution in [1.29, 1.82) is 0 Å². The largest absolute Gasteiger partial charge is 0.303 e. The summed E-state index contributed by atoms with van der Waals surface area (Å²) in [4.78, 5) is 10.3. The number of hydrogen-bond acceptors (Lipinski definition) is 2. The summed E-state index contributed by atoms with van der Waals surface area (Å²) in [5.41, 5.74) is 2.15. The van der Waals surface area contributed by atoms with Crippen LogP contribution in [0.15, 0.2) is 6.20 Å². The van der Waals surface area contributed by atoms with Crippen molar-refractivity contribution in [1.82, 2.24) is 9.78 Å². The highest BCUT2D eigenvalue weighted by molar-refractivity contribution is 5.55. The van der Waals surface area contributed by atoms with Gasteiger partial charge in [0.2, 0.25) is 0 Å². The Hall–Kier alpha value is -1.12. The van der Waals surface area contributed by atoms with Crippen molar-refractivity contribution in [3.05, 3.63) is 17.5 Å². The van der Waals surface area contributed by atoms with E-state index in [9.17, 15) is 4.79 Å². The molecule has 0 fully saturated rings. The van der Waals surface area contributed by atoms with E-state index < -0.39 is 0 Å². The third kappa shape index (κ3) is 2.41. The van der Waals surface area contributed by atoms with Gasteiger partial charge in [0, 0.05) is 24.2 Å². The van der Waals surface area contributed by atoms with Crippen LogP contribution in [0.5, 0.6) is 0 Å². The molecule has 0 bridgehead atoms. The van der Waals surface area contributed by atoms with Crippen LogP contribution in [0.4, 0.5) is 0 Å². The Morgan fingerprint density at radius 2 is 2.31 bits per heavy atom. The number of carbonyl (C=O) groups excluding carboxylic acids is 1. The maximum Gasteiger partial charge on any atom is 0.124 e. The first-order valence-electron chi connectivity index (χ1n) is 4.60. The highest BCUT2D eigenvalue weighted by Gasteiger charge is 2.06. The number of aromatic nitrogens is 2. The lowest BCUT2D eigenvalue weighted by atomic mass is 10.2. The van der Waals surface area contributed by atoms with Crippen molar-refractivity contribution in [2.45, 2.75) is 33.7 Å². The quantitative estimate of drug-likeness (QED) is 0.659. The molecular formula is C10H16N2O. The molecule has 1 aromatic heterocycles. The van der Waals surface area contributed by atoms with Crippen LogP contribution >= 0.6 is 0 Å². The molecule has 0 spiro atoms. The molecule has 1 rings (SSSR count). The van der Waals surface area contributed by atoms with Crippen LogP contribution in [0.25, 0.3) is 0 Å². The zero-order valence-corrected chi connectivity index (χ0v) is 8.45. The highest BCUT2D eigenvalue weighted by Crippen LogP contribution is 2.09. The second kappa shape index (κ2) is 4.21. The van der Waals surface area contributed by atoms with Crippen LogP contribution < -0.4 is 0 Å². The van der Waals surface area contributed by atoms with Crippen LogP contribution in [-0.2, 0) is 17.8 Å². The molecule has 1 aromatic rings. The van der Waals surface area contributed by atoms with Gasteiger partial charge in [0.1, 0.15) is 6.29 Å². The molecule has 0 amide bonds. The molecule has 13 heavy (non-hydrogen) atoms. The number of carbonyl (C=O) groups is 1. The zero-order chi connectivity index (χ0) is 9.84. The van der Waals surface area contributed by atoms with Crippen molar-refractivity contribution >= 4 is 6.29 Å². The van der Waals surface area contributed by atoms with Gasteiger partial charge in [-0.05, 0) is 12.8 Å². The molecule has 0 aliphatic rings. The molecule has 0 radical (unpaired) electrons. The van der Waals surface area contributed by atoms with E-state index in [4.69, 9.17) is 0 Å². The van der Waals surface area contributed by atoms with Crippen LogP contribution in [-0.4, -0.2) is 16.1 Å². The lowest BCUT2D eigenvalue weighted by Gasteiger charge is -2.07. The summed E-state index contributed by atoms with van der Waals surface area (Å²) in [6, 6.07) is 0. The number of rotatable bonds is 4. The van der Waals surface area contributed by atoms with Gasteiger partial charge in [-0.3, -0.25) is 4.68 Å². The van der Waals surface area contributed by atoms with E-state index in [1.807, 2.05) is 11.6 Å². The fraction of sp³-hybridized carbons (Fsp3) is 0.600. The molecule has 0 aliphatic heterocycles. The Kier molecular flexibility index (Phi) is 3.23. The topological polar surface area (TPSA) is 34.9 Å². The van der Waals surface area contributed by atoms with Gasteiger partial charge < -0.3 is 4.79 Å². The maximum atomic E-state index is 10.3. The molecule has 0 aromatic carbocycles. The van der Waals surface area contributed by atoms with Crippen LogP contribution in [0, 0.1) is 12.8 Å². The minimum atomic E-state index is 0.476. The standard InChI is InChI=1S/C10H16N2O/c1-8(2)7-12-9(3)10(4-5-13)6-11-12/h5-6,8H,4,7H2,1-3H3. The molecule has 72 valence electrons. The predicted octanol–water partition coefficient (Wildman–Crippen LogP) is 1.59. The Morgan fingerprint density at radius 1 is 1.62 bits per heavy atom. The van der Waals surface area contributed by atoms with Crippen LogP contribution in [0.1, 0.15) is 25.1 Å². The Bertz CT molecular complexity index is 289. The first-order valence-corrected chi connectivity index (χ1v) is 4.60. The predicted molar refractivity (Wildman–Crippen MR) is 51.6 cm³/mol. The molecule has 0 N–H and O–H groups in total. The van der Waals surface area contributed by atoms with Gasteiger partial charge in [0.25, 0.3) is 0 Å². The maximum absolute atomic E-state index is 10.3. The van der Waals surface area contributed by atoms with Gasteiger partial charge in [-0.15, -0.1) is 0 Å². The molecule has 0 atom stereocenters. The third-order valence-corrected chi connectivity index (χ3v) is 2.05. The lowest BCUT2D eigenvalue weighted by molar-refractivity contribution is -0.107. The third-order valence-electron chi connectivity index (χ3n) is 2.05.